The van der Waals surface area contributed by atoms with Crippen molar-refractivity contribution in [2.24, 2.45) is 5.73 Å². The molecule has 1 amide bonds. The van der Waals surface area contributed by atoms with Crippen molar-refractivity contribution in [2.45, 2.75) is 19.4 Å². The lowest BCUT2D eigenvalue weighted by Crippen LogP contribution is -2.24. The molecule has 6 heteroatoms. The van der Waals surface area contributed by atoms with Crippen molar-refractivity contribution in [3.8, 4) is 0 Å². The number of carbonyl (C=O) groups excluding carboxylic acids is 1. The van der Waals surface area contributed by atoms with E-state index in [1.54, 1.807) is 13.0 Å². The van der Waals surface area contributed by atoms with Crippen molar-refractivity contribution in [2.75, 3.05) is 5.32 Å². The van der Waals surface area contributed by atoms with Gasteiger partial charge in [-0.25, -0.2) is 4.98 Å². The Morgan fingerprint density at radius 3 is 3.00 bits per heavy atom. The van der Waals surface area contributed by atoms with E-state index in [1.807, 2.05) is 0 Å². The van der Waals surface area contributed by atoms with Crippen molar-refractivity contribution in [1.29, 1.82) is 0 Å². The molecule has 0 aliphatic heterocycles. The average molecular weight is 293 g/mol. The first-order valence-corrected chi connectivity index (χ1v) is 5.52. The van der Waals surface area contributed by atoms with Crippen LogP contribution in [0.15, 0.2) is 16.7 Å². The minimum Gasteiger partial charge on any atom is -0.327 e. The van der Waals surface area contributed by atoms with E-state index in [-0.39, 0.29) is 18.4 Å². The van der Waals surface area contributed by atoms with Gasteiger partial charge in [-0.15, -0.1) is 0 Å². The van der Waals surface area contributed by atoms with Crippen LogP contribution in [0.25, 0.3) is 0 Å². The molecule has 1 rings (SSSR count). The number of hydrogen-bond donors (Lipinski definition) is 2. The molecule has 0 aliphatic rings. The molecule has 4 nitrogen and oxygen atoms in total. The number of hydrogen-bond acceptors (Lipinski definition) is 3. The zero-order valence-corrected chi connectivity index (χ0v) is 10.5. The van der Waals surface area contributed by atoms with Gasteiger partial charge in [0, 0.05) is 12.5 Å². The van der Waals surface area contributed by atoms with Gasteiger partial charge in [0.05, 0.1) is 16.4 Å². The van der Waals surface area contributed by atoms with Gasteiger partial charge in [-0.2, -0.15) is 0 Å². The van der Waals surface area contributed by atoms with Crippen LogP contribution >= 0.6 is 27.5 Å². The lowest BCUT2D eigenvalue weighted by molar-refractivity contribution is -0.116. The van der Waals surface area contributed by atoms with Gasteiger partial charge in [-0.1, -0.05) is 11.6 Å². The van der Waals surface area contributed by atoms with Crippen LogP contribution in [0.5, 0.6) is 0 Å². The standard InChI is InChI=1S/C9H11BrClN3O/c1-5(12)2-8(15)14-6-3-7(10)9(11)13-4-6/h3-5H,2,12H2,1H3,(H,14,15). The summed E-state index contributed by atoms with van der Waals surface area (Å²) in [6.07, 6.45) is 1.77. The van der Waals surface area contributed by atoms with Crippen LogP contribution in [-0.2, 0) is 4.79 Å². The SMILES string of the molecule is CC(N)CC(=O)Nc1cnc(Cl)c(Br)c1. The van der Waals surface area contributed by atoms with Gasteiger partial charge in [0.1, 0.15) is 5.15 Å². The molecule has 0 saturated carbocycles. The summed E-state index contributed by atoms with van der Waals surface area (Å²) in [5.74, 6) is -0.138. The number of rotatable bonds is 3. The number of carbonyl (C=O) groups is 1. The molecular weight excluding hydrogens is 281 g/mol. The number of anilines is 1. The summed E-state index contributed by atoms with van der Waals surface area (Å²) in [7, 11) is 0. The Kier molecular flexibility index (Phi) is 4.50. The first-order valence-electron chi connectivity index (χ1n) is 4.35. The Morgan fingerprint density at radius 2 is 2.47 bits per heavy atom. The number of aromatic nitrogens is 1. The number of nitrogens with one attached hydrogen (secondary N) is 1. The summed E-state index contributed by atoms with van der Waals surface area (Å²) in [4.78, 5) is 15.2. The largest absolute Gasteiger partial charge is 0.327 e. The maximum atomic E-state index is 11.4. The monoisotopic (exact) mass is 291 g/mol. The van der Waals surface area contributed by atoms with E-state index in [2.05, 4.69) is 26.2 Å². The fourth-order valence-corrected chi connectivity index (χ4v) is 1.45. The molecule has 1 atom stereocenters. The average Bonchev–Trinajstić information content (AvgIpc) is 2.10. The second-order valence-electron chi connectivity index (χ2n) is 3.23. The van der Waals surface area contributed by atoms with E-state index < -0.39 is 0 Å². The zero-order chi connectivity index (χ0) is 11.4. The lowest BCUT2D eigenvalue weighted by atomic mass is 10.2. The van der Waals surface area contributed by atoms with Crippen LogP contribution in [-0.4, -0.2) is 16.9 Å². The van der Waals surface area contributed by atoms with Gasteiger partial charge in [0.25, 0.3) is 0 Å². The van der Waals surface area contributed by atoms with Gasteiger partial charge in [0.15, 0.2) is 0 Å². The fourth-order valence-electron chi connectivity index (χ4n) is 0.994. The number of nitrogens with zero attached hydrogens (tertiary/aromatic N) is 1. The topological polar surface area (TPSA) is 68.0 Å². The highest BCUT2D eigenvalue weighted by molar-refractivity contribution is 9.10. The van der Waals surface area contributed by atoms with Gasteiger partial charge in [-0.05, 0) is 28.9 Å². The van der Waals surface area contributed by atoms with Crippen LogP contribution in [0.3, 0.4) is 0 Å². The minimum absolute atomic E-state index is 0.138. The quantitative estimate of drug-likeness (QED) is 0.839. The van der Waals surface area contributed by atoms with E-state index in [0.717, 1.165) is 0 Å². The van der Waals surface area contributed by atoms with Gasteiger partial charge in [0.2, 0.25) is 5.91 Å². The van der Waals surface area contributed by atoms with Crippen molar-refractivity contribution < 1.29 is 4.79 Å². The Balaban J connectivity index is 2.65. The summed E-state index contributed by atoms with van der Waals surface area (Å²) in [5.41, 5.74) is 6.09. The number of amides is 1. The van der Waals surface area contributed by atoms with Gasteiger partial charge >= 0.3 is 0 Å². The second kappa shape index (κ2) is 5.44. The van der Waals surface area contributed by atoms with E-state index >= 15 is 0 Å². The van der Waals surface area contributed by atoms with Crippen molar-refractivity contribution in [3.05, 3.63) is 21.9 Å². The molecule has 0 bridgehead atoms. The van der Waals surface area contributed by atoms with Gasteiger partial charge < -0.3 is 11.1 Å². The first-order chi connectivity index (χ1) is 6.99. The molecule has 0 aliphatic carbocycles. The summed E-state index contributed by atoms with van der Waals surface area (Å²) < 4.78 is 0.641. The molecule has 0 aromatic carbocycles. The molecule has 1 aromatic heterocycles. The highest BCUT2D eigenvalue weighted by atomic mass is 79.9. The van der Waals surface area contributed by atoms with E-state index in [9.17, 15) is 4.79 Å². The maximum absolute atomic E-state index is 11.4. The van der Waals surface area contributed by atoms with E-state index in [0.29, 0.717) is 15.3 Å². The lowest BCUT2D eigenvalue weighted by Gasteiger charge is -2.07. The Bertz CT molecular complexity index is 370. The third-order valence-electron chi connectivity index (χ3n) is 1.59. The maximum Gasteiger partial charge on any atom is 0.225 e. The van der Waals surface area contributed by atoms with Crippen LogP contribution in [0, 0.1) is 0 Å². The molecule has 0 spiro atoms. The highest BCUT2D eigenvalue weighted by Crippen LogP contribution is 2.22. The Morgan fingerprint density at radius 1 is 1.80 bits per heavy atom. The molecule has 0 radical (unpaired) electrons. The van der Waals surface area contributed by atoms with Crippen molar-refractivity contribution in [1.82, 2.24) is 4.98 Å². The fraction of sp³-hybridized carbons (Fsp3) is 0.333. The molecule has 1 aromatic rings. The summed E-state index contributed by atoms with van der Waals surface area (Å²) >= 11 is 8.93. The van der Waals surface area contributed by atoms with Crippen molar-refractivity contribution in [3.63, 3.8) is 0 Å². The predicted molar refractivity (Wildman–Crippen MR) is 63.8 cm³/mol. The molecule has 0 saturated heterocycles. The van der Waals surface area contributed by atoms with Gasteiger partial charge in [-0.3, -0.25) is 4.79 Å². The van der Waals surface area contributed by atoms with Crippen LogP contribution in [0.2, 0.25) is 5.15 Å². The third kappa shape index (κ3) is 4.15. The molecule has 3 N–H and O–H groups in total. The zero-order valence-electron chi connectivity index (χ0n) is 8.13. The van der Waals surface area contributed by atoms with E-state index in [1.165, 1.54) is 6.20 Å². The highest BCUT2D eigenvalue weighted by Gasteiger charge is 2.07. The van der Waals surface area contributed by atoms with E-state index in [4.69, 9.17) is 17.3 Å². The normalized spacial score (nSPS) is 12.3. The second-order valence-corrected chi connectivity index (χ2v) is 4.44. The van der Waals surface area contributed by atoms with Crippen molar-refractivity contribution >= 4 is 39.1 Å². The minimum atomic E-state index is -0.159. The summed E-state index contributed by atoms with van der Waals surface area (Å²) in [5, 5.41) is 3.03. The first kappa shape index (κ1) is 12.4. The Hall–Kier alpha value is -0.650. The van der Waals surface area contributed by atoms with Crippen LogP contribution in [0.1, 0.15) is 13.3 Å². The molecule has 82 valence electrons. The smallest absolute Gasteiger partial charge is 0.225 e. The molecule has 1 unspecified atom stereocenters. The Labute approximate surface area is 101 Å². The number of pyridine rings is 1. The molecule has 15 heavy (non-hydrogen) atoms. The predicted octanol–water partition coefficient (Wildman–Crippen LogP) is 2.17. The molecule has 0 fully saturated rings. The number of halogens is 2. The van der Waals surface area contributed by atoms with Crippen LogP contribution < -0.4 is 11.1 Å². The van der Waals surface area contributed by atoms with Crippen LogP contribution in [0.4, 0.5) is 5.69 Å². The number of nitrogens with two attached hydrogens (primary N) is 1. The summed E-state index contributed by atoms with van der Waals surface area (Å²) in [6, 6.07) is 1.53. The summed E-state index contributed by atoms with van der Waals surface area (Å²) in [6.45, 7) is 1.77. The molecule has 1 heterocycles. The molecular formula is C9H11BrClN3O. The third-order valence-corrected chi connectivity index (χ3v) is 2.72.